The standard InChI is InChI=1S/C48H32N2/c1-30-35-16-7-8-18-37(35)40-28-43-42-27-33(22-24-46(42)49(48(43)29-39(30)40)34-14-3-2-4-15-34)32-23-25-47-41(26-32)38-19-9-10-20-45(38)50(47)44-21-11-13-31-12-5-6-17-36(31)44/h2-30H,1H3. The van der Waals surface area contributed by atoms with E-state index in [1.165, 1.54) is 99.1 Å². The van der Waals surface area contributed by atoms with Gasteiger partial charge < -0.3 is 9.13 Å². The van der Waals surface area contributed by atoms with E-state index < -0.39 is 0 Å². The molecule has 1 unspecified atom stereocenters. The number of hydrogen-bond acceptors (Lipinski definition) is 0. The number of hydrogen-bond donors (Lipinski definition) is 0. The fourth-order valence-electron chi connectivity index (χ4n) is 8.81. The lowest BCUT2D eigenvalue weighted by atomic mass is 9.97. The van der Waals surface area contributed by atoms with Gasteiger partial charge in [-0.2, -0.15) is 0 Å². The maximum Gasteiger partial charge on any atom is 0.0544 e. The van der Waals surface area contributed by atoms with E-state index in [0.29, 0.717) is 5.92 Å². The first kappa shape index (κ1) is 27.6. The molecule has 1 aliphatic carbocycles. The number of rotatable bonds is 3. The fraction of sp³-hybridized carbons (Fsp3) is 0.0417. The topological polar surface area (TPSA) is 9.86 Å². The Morgan fingerprint density at radius 3 is 1.84 bits per heavy atom. The van der Waals surface area contributed by atoms with Crippen molar-refractivity contribution in [2.45, 2.75) is 12.8 Å². The van der Waals surface area contributed by atoms with Crippen LogP contribution in [0.2, 0.25) is 0 Å². The van der Waals surface area contributed by atoms with Gasteiger partial charge in [0.1, 0.15) is 0 Å². The van der Waals surface area contributed by atoms with Crippen molar-refractivity contribution in [3.05, 3.63) is 181 Å². The second kappa shape index (κ2) is 10.3. The van der Waals surface area contributed by atoms with Crippen molar-refractivity contribution in [2.75, 3.05) is 0 Å². The summed E-state index contributed by atoms with van der Waals surface area (Å²) in [6.07, 6.45) is 0. The average molecular weight is 637 g/mol. The first-order valence-corrected chi connectivity index (χ1v) is 17.5. The zero-order valence-electron chi connectivity index (χ0n) is 27.6. The van der Waals surface area contributed by atoms with Crippen LogP contribution in [-0.2, 0) is 0 Å². The van der Waals surface area contributed by atoms with Gasteiger partial charge in [0.25, 0.3) is 0 Å². The van der Waals surface area contributed by atoms with Crippen molar-refractivity contribution >= 4 is 54.4 Å². The summed E-state index contributed by atoms with van der Waals surface area (Å²) in [6, 6.07) is 62.8. The molecule has 1 atom stereocenters. The number of aromatic nitrogens is 2. The first-order chi connectivity index (χ1) is 24.7. The van der Waals surface area contributed by atoms with Crippen LogP contribution in [0.3, 0.4) is 0 Å². The summed E-state index contributed by atoms with van der Waals surface area (Å²) in [5, 5.41) is 7.61. The van der Waals surface area contributed by atoms with E-state index in [-0.39, 0.29) is 0 Å². The van der Waals surface area contributed by atoms with Crippen LogP contribution in [0.5, 0.6) is 0 Å². The van der Waals surface area contributed by atoms with Crippen molar-refractivity contribution in [1.82, 2.24) is 9.13 Å². The summed E-state index contributed by atoms with van der Waals surface area (Å²) in [7, 11) is 0. The normalized spacial score (nSPS) is 13.9. The van der Waals surface area contributed by atoms with E-state index in [2.05, 4.69) is 186 Å². The van der Waals surface area contributed by atoms with E-state index in [9.17, 15) is 0 Å². The second-order valence-electron chi connectivity index (χ2n) is 13.8. The van der Waals surface area contributed by atoms with Crippen molar-refractivity contribution < 1.29 is 0 Å². The molecule has 0 spiro atoms. The highest BCUT2D eigenvalue weighted by Crippen LogP contribution is 2.48. The maximum absolute atomic E-state index is 2.46. The van der Waals surface area contributed by atoms with Gasteiger partial charge in [-0.05, 0) is 99.4 Å². The van der Waals surface area contributed by atoms with Crippen LogP contribution in [0.4, 0.5) is 0 Å². The Labute approximate surface area is 290 Å². The molecule has 0 saturated carbocycles. The Bertz CT molecular complexity index is 2990. The van der Waals surface area contributed by atoms with Crippen LogP contribution < -0.4 is 0 Å². The third-order valence-corrected chi connectivity index (χ3v) is 11.1. The lowest BCUT2D eigenvalue weighted by Gasteiger charge is -2.12. The van der Waals surface area contributed by atoms with Crippen LogP contribution >= 0.6 is 0 Å². The van der Waals surface area contributed by atoms with Crippen molar-refractivity contribution in [3.8, 4) is 33.6 Å². The molecule has 8 aromatic carbocycles. The molecule has 2 heterocycles. The molecule has 10 aromatic rings. The van der Waals surface area contributed by atoms with E-state index >= 15 is 0 Å². The lowest BCUT2D eigenvalue weighted by molar-refractivity contribution is 0.957. The van der Waals surface area contributed by atoms with Gasteiger partial charge in [0.05, 0.1) is 27.8 Å². The molecule has 50 heavy (non-hydrogen) atoms. The zero-order chi connectivity index (χ0) is 32.9. The van der Waals surface area contributed by atoms with Gasteiger partial charge in [-0.15, -0.1) is 0 Å². The van der Waals surface area contributed by atoms with Crippen LogP contribution in [0.1, 0.15) is 24.0 Å². The second-order valence-corrected chi connectivity index (χ2v) is 13.8. The van der Waals surface area contributed by atoms with E-state index in [1.54, 1.807) is 0 Å². The molecule has 0 fully saturated rings. The molecule has 1 aliphatic rings. The minimum absolute atomic E-state index is 0.367. The summed E-state index contributed by atoms with van der Waals surface area (Å²) >= 11 is 0. The van der Waals surface area contributed by atoms with Crippen molar-refractivity contribution in [1.29, 1.82) is 0 Å². The van der Waals surface area contributed by atoms with Crippen LogP contribution in [0.25, 0.3) is 88.0 Å². The van der Waals surface area contributed by atoms with Crippen LogP contribution in [0.15, 0.2) is 170 Å². The van der Waals surface area contributed by atoms with Gasteiger partial charge in [0, 0.05) is 38.5 Å². The highest BCUT2D eigenvalue weighted by atomic mass is 15.0. The SMILES string of the molecule is CC1c2ccccc2-c2cc3c4cc(-c5ccc6c(c5)c5ccccc5n6-c5cccc6ccccc56)ccc4n(-c4ccccc4)c3cc21. The molecule has 0 bridgehead atoms. The quantitative estimate of drug-likeness (QED) is 0.183. The third kappa shape index (κ3) is 3.79. The molecule has 0 amide bonds. The van der Waals surface area contributed by atoms with Gasteiger partial charge >= 0.3 is 0 Å². The Balaban J connectivity index is 1.15. The summed E-state index contributed by atoms with van der Waals surface area (Å²) in [5.41, 5.74) is 15.3. The molecule has 234 valence electrons. The Morgan fingerprint density at radius 2 is 1.00 bits per heavy atom. The first-order valence-electron chi connectivity index (χ1n) is 17.5. The van der Waals surface area contributed by atoms with Crippen LogP contribution in [-0.4, -0.2) is 9.13 Å². The molecule has 2 heteroatoms. The highest BCUT2D eigenvalue weighted by molar-refractivity contribution is 6.14. The number of fused-ring (bicyclic) bond motifs is 10. The number of nitrogens with zero attached hydrogens (tertiary/aromatic N) is 2. The molecule has 0 aliphatic heterocycles. The summed E-state index contributed by atoms with van der Waals surface area (Å²) in [6.45, 7) is 2.34. The minimum Gasteiger partial charge on any atom is -0.309 e. The van der Waals surface area contributed by atoms with Gasteiger partial charge in [-0.25, -0.2) is 0 Å². The van der Waals surface area contributed by atoms with Gasteiger partial charge in [0.15, 0.2) is 0 Å². The smallest absolute Gasteiger partial charge is 0.0544 e. The minimum atomic E-state index is 0.367. The molecule has 11 rings (SSSR count). The number of para-hydroxylation sites is 2. The van der Waals surface area contributed by atoms with E-state index in [4.69, 9.17) is 0 Å². The summed E-state index contributed by atoms with van der Waals surface area (Å²) < 4.78 is 4.89. The van der Waals surface area contributed by atoms with Gasteiger partial charge in [-0.1, -0.05) is 116 Å². The Hall–Kier alpha value is -6.38. The fourth-order valence-corrected chi connectivity index (χ4v) is 8.81. The predicted octanol–water partition coefficient (Wildman–Crippen LogP) is 12.8. The molecular weight excluding hydrogens is 605 g/mol. The average Bonchev–Trinajstić information content (AvgIpc) is 3.78. The van der Waals surface area contributed by atoms with Gasteiger partial charge in [-0.3, -0.25) is 0 Å². The molecule has 2 aromatic heterocycles. The molecule has 2 nitrogen and oxygen atoms in total. The van der Waals surface area contributed by atoms with Gasteiger partial charge in [0.2, 0.25) is 0 Å². The lowest BCUT2D eigenvalue weighted by Crippen LogP contribution is -1.95. The molecule has 0 radical (unpaired) electrons. The van der Waals surface area contributed by atoms with E-state index in [0.717, 1.165) is 0 Å². The predicted molar refractivity (Wildman–Crippen MR) is 211 cm³/mol. The van der Waals surface area contributed by atoms with Crippen LogP contribution in [0, 0.1) is 0 Å². The third-order valence-electron chi connectivity index (χ3n) is 11.1. The molecule has 0 N–H and O–H groups in total. The molecular formula is C48H32N2. The Morgan fingerprint density at radius 1 is 0.380 bits per heavy atom. The molecule has 0 saturated heterocycles. The van der Waals surface area contributed by atoms with E-state index in [1.807, 2.05) is 0 Å². The maximum atomic E-state index is 2.46. The van der Waals surface area contributed by atoms with Crippen molar-refractivity contribution in [3.63, 3.8) is 0 Å². The zero-order valence-corrected chi connectivity index (χ0v) is 27.6. The highest BCUT2D eigenvalue weighted by Gasteiger charge is 2.27. The number of benzene rings is 8. The monoisotopic (exact) mass is 636 g/mol. The summed E-state index contributed by atoms with van der Waals surface area (Å²) in [4.78, 5) is 0. The largest absolute Gasteiger partial charge is 0.309 e. The summed E-state index contributed by atoms with van der Waals surface area (Å²) in [5.74, 6) is 0.367. The van der Waals surface area contributed by atoms with Crippen molar-refractivity contribution in [2.24, 2.45) is 0 Å². The Kier molecular flexibility index (Phi) is 5.68.